The van der Waals surface area contributed by atoms with E-state index >= 15 is 0 Å². The van der Waals surface area contributed by atoms with E-state index < -0.39 is 0 Å². The van der Waals surface area contributed by atoms with E-state index in [-0.39, 0.29) is 11.7 Å². The maximum Gasteiger partial charge on any atom is 0.227 e. The van der Waals surface area contributed by atoms with E-state index in [1.165, 1.54) is 6.07 Å². The number of carbonyl (C=O) groups excluding carboxylic acids is 1. The molecule has 0 saturated heterocycles. The lowest BCUT2D eigenvalue weighted by molar-refractivity contribution is -0.119. The van der Waals surface area contributed by atoms with E-state index in [9.17, 15) is 9.18 Å². The van der Waals surface area contributed by atoms with Gasteiger partial charge in [0, 0.05) is 18.7 Å². The van der Waals surface area contributed by atoms with Crippen LogP contribution >= 0.6 is 12.6 Å². The van der Waals surface area contributed by atoms with E-state index in [0.29, 0.717) is 25.3 Å². The van der Waals surface area contributed by atoms with Gasteiger partial charge >= 0.3 is 0 Å². The third-order valence-electron chi connectivity index (χ3n) is 3.64. The molecule has 0 radical (unpaired) electrons. The highest BCUT2D eigenvalue weighted by Gasteiger charge is 2.26. The molecular weight excluding hydrogens is 261 g/mol. The SMILES string of the molecule is CCCC(CS)CN1C(=O)CCc2cc(F)ccc21. The topological polar surface area (TPSA) is 20.3 Å². The first kappa shape index (κ1) is 14.4. The fourth-order valence-electron chi connectivity index (χ4n) is 2.64. The van der Waals surface area contributed by atoms with Crippen molar-refractivity contribution in [2.45, 2.75) is 32.6 Å². The average molecular weight is 281 g/mol. The van der Waals surface area contributed by atoms with Crippen LogP contribution in [-0.2, 0) is 11.2 Å². The number of fused-ring (bicyclic) bond motifs is 1. The van der Waals surface area contributed by atoms with Gasteiger partial charge < -0.3 is 4.90 Å². The largest absolute Gasteiger partial charge is 0.312 e. The van der Waals surface area contributed by atoms with Gasteiger partial charge in [0.2, 0.25) is 5.91 Å². The van der Waals surface area contributed by atoms with Gasteiger partial charge in [0.25, 0.3) is 0 Å². The highest BCUT2D eigenvalue weighted by Crippen LogP contribution is 2.29. The summed E-state index contributed by atoms with van der Waals surface area (Å²) in [5.74, 6) is 1.08. The lowest BCUT2D eigenvalue weighted by atomic mass is 9.98. The van der Waals surface area contributed by atoms with Crippen molar-refractivity contribution in [3.05, 3.63) is 29.6 Å². The van der Waals surface area contributed by atoms with Gasteiger partial charge in [0.05, 0.1) is 0 Å². The normalized spacial score (nSPS) is 16.4. The molecule has 1 amide bonds. The first-order valence-electron chi connectivity index (χ1n) is 6.85. The summed E-state index contributed by atoms with van der Waals surface area (Å²) in [5, 5.41) is 0. The van der Waals surface area contributed by atoms with Crippen LogP contribution in [0, 0.1) is 11.7 Å². The summed E-state index contributed by atoms with van der Waals surface area (Å²) in [4.78, 5) is 13.9. The number of hydrogen-bond acceptors (Lipinski definition) is 2. The molecule has 0 aliphatic carbocycles. The van der Waals surface area contributed by atoms with Crippen LogP contribution in [0.25, 0.3) is 0 Å². The summed E-state index contributed by atoms with van der Waals surface area (Å²) in [6.45, 7) is 2.83. The minimum absolute atomic E-state index is 0.141. The molecule has 1 aromatic carbocycles. The molecule has 104 valence electrons. The molecule has 1 heterocycles. The number of anilines is 1. The van der Waals surface area contributed by atoms with E-state index in [1.54, 1.807) is 12.1 Å². The van der Waals surface area contributed by atoms with Crippen LogP contribution in [0.5, 0.6) is 0 Å². The highest BCUT2D eigenvalue weighted by molar-refractivity contribution is 7.80. The summed E-state index contributed by atoms with van der Waals surface area (Å²) >= 11 is 4.37. The minimum Gasteiger partial charge on any atom is -0.312 e. The molecule has 1 unspecified atom stereocenters. The molecule has 0 fully saturated rings. The lowest BCUT2D eigenvalue weighted by Crippen LogP contribution is -2.39. The van der Waals surface area contributed by atoms with Gasteiger partial charge in [-0.05, 0) is 48.3 Å². The van der Waals surface area contributed by atoms with E-state index in [1.807, 2.05) is 4.90 Å². The Labute approximate surface area is 119 Å². The van der Waals surface area contributed by atoms with Crippen molar-refractivity contribution in [3.8, 4) is 0 Å². The van der Waals surface area contributed by atoms with Crippen LogP contribution in [0.15, 0.2) is 18.2 Å². The number of hydrogen-bond donors (Lipinski definition) is 1. The zero-order valence-corrected chi connectivity index (χ0v) is 12.1. The van der Waals surface area contributed by atoms with Gasteiger partial charge in [-0.1, -0.05) is 13.3 Å². The number of carbonyl (C=O) groups is 1. The van der Waals surface area contributed by atoms with Crippen LogP contribution in [0.1, 0.15) is 31.7 Å². The number of nitrogens with zero attached hydrogens (tertiary/aromatic N) is 1. The number of amides is 1. The number of thiol groups is 1. The number of rotatable bonds is 5. The molecule has 0 saturated carbocycles. The Bertz CT molecular complexity index is 463. The molecule has 1 aliphatic heterocycles. The summed E-state index contributed by atoms with van der Waals surface area (Å²) in [6, 6.07) is 4.70. The second-order valence-corrected chi connectivity index (χ2v) is 5.48. The minimum atomic E-state index is -0.229. The quantitative estimate of drug-likeness (QED) is 0.820. The van der Waals surface area contributed by atoms with Crippen molar-refractivity contribution in [2.75, 3.05) is 17.2 Å². The molecular formula is C15H20FNOS. The first-order valence-corrected chi connectivity index (χ1v) is 7.48. The standard InChI is InChI=1S/C15H20FNOS/c1-2-3-11(10-19)9-17-14-6-5-13(16)8-12(14)4-7-15(17)18/h5-6,8,11,19H,2-4,7,9-10H2,1H3. The van der Waals surface area contributed by atoms with Crippen molar-refractivity contribution >= 4 is 24.2 Å². The van der Waals surface area contributed by atoms with Crippen LogP contribution < -0.4 is 4.90 Å². The molecule has 2 nitrogen and oxygen atoms in total. The van der Waals surface area contributed by atoms with Gasteiger partial charge in [-0.3, -0.25) is 4.79 Å². The molecule has 2 rings (SSSR count). The number of aryl methyl sites for hydroxylation is 1. The number of halogens is 1. The molecule has 0 N–H and O–H groups in total. The third-order valence-corrected chi connectivity index (χ3v) is 4.15. The Kier molecular flexibility index (Phi) is 4.86. The van der Waals surface area contributed by atoms with Gasteiger partial charge in [-0.2, -0.15) is 12.6 Å². The molecule has 1 atom stereocenters. The molecule has 0 aromatic heterocycles. The molecule has 0 bridgehead atoms. The van der Waals surface area contributed by atoms with Crippen LogP contribution in [-0.4, -0.2) is 18.2 Å². The van der Waals surface area contributed by atoms with Gasteiger partial charge in [-0.25, -0.2) is 4.39 Å². The van der Waals surface area contributed by atoms with E-state index in [4.69, 9.17) is 0 Å². The molecule has 19 heavy (non-hydrogen) atoms. The maximum absolute atomic E-state index is 13.3. The Balaban J connectivity index is 2.22. The average Bonchev–Trinajstić information content (AvgIpc) is 2.41. The predicted molar refractivity (Wildman–Crippen MR) is 79.3 cm³/mol. The van der Waals surface area contributed by atoms with Gasteiger partial charge in [-0.15, -0.1) is 0 Å². The zero-order chi connectivity index (χ0) is 13.8. The fraction of sp³-hybridized carbons (Fsp3) is 0.533. The first-order chi connectivity index (χ1) is 9.15. The fourth-order valence-corrected chi connectivity index (χ4v) is 2.93. The number of benzene rings is 1. The van der Waals surface area contributed by atoms with Gasteiger partial charge in [0.1, 0.15) is 5.82 Å². The molecule has 4 heteroatoms. The molecule has 1 aliphatic rings. The van der Waals surface area contributed by atoms with E-state index in [2.05, 4.69) is 19.6 Å². The summed E-state index contributed by atoms with van der Waals surface area (Å²) in [7, 11) is 0. The predicted octanol–water partition coefficient (Wildman–Crippen LogP) is 3.45. The third kappa shape index (κ3) is 3.30. The highest BCUT2D eigenvalue weighted by atomic mass is 32.1. The monoisotopic (exact) mass is 281 g/mol. The van der Waals surface area contributed by atoms with Crippen LogP contribution in [0.4, 0.5) is 10.1 Å². The molecule has 0 spiro atoms. The Morgan fingerprint density at radius 3 is 2.89 bits per heavy atom. The van der Waals surface area contributed by atoms with Crippen molar-refractivity contribution in [3.63, 3.8) is 0 Å². The zero-order valence-electron chi connectivity index (χ0n) is 11.2. The van der Waals surface area contributed by atoms with Crippen LogP contribution in [0.3, 0.4) is 0 Å². The Morgan fingerprint density at radius 2 is 2.21 bits per heavy atom. The second kappa shape index (κ2) is 6.42. The summed E-state index contributed by atoms with van der Waals surface area (Å²) in [5.41, 5.74) is 1.81. The van der Waals surface area contributed by atoms with Crippen molar-refractivity contribution in [2.24, 2.45) is 5.92 Å². The lowest BCUT2D eigenvalue weighted by Gasteiger charge is -2.32. The maximum atomic E-state index is 13.3. The second-order valence-electron chi connectivity index (χ2n) is 5.11. The molecule has 1 aromatic rings. The summed E-state index contributed by atoms with van der Waals surface area (Å²) in [6.07, 6.45) is 3.26. The smallest absolute Gasteiger partial charge is 0.227 e. The Hall–Kier alpha value is -1.03. The van der Waals surface area contributed by atoms with Crippen molar-refractivity contribution < 1.29 is 9.18 Å². The Morgan fingerprint density at radius 1 is 1.42 bits per heavy atom. The van der Waals surface area contributed by atoms with Crippen LogP contribution in [0.2, 0.25) is 0 Å². The van der Waals surface area contributed by atoms with E-state index in [0.717, 1.165) is 29.8 Å². The summed E-state index contributed by atoms with van der Waals surface area (Å²) < 4.78 is 13.3. The van der Waals surface area contributed by atoms with Crippen molar-refractivity contribution in [1.29, 1.82) is 0 Å². The van der Waals surface area contributed by atoms with Crippen molar-refractivity contribution in [1.82, 2.24) is 0 Å². The van der Waals surface area contributed by atoms with Gasteiger partial charge in [0.15, 0.2) is 0 Å².